The molecule has 0 unspecified atom stereocenters. The second-order valence-corrected chi connectivity index (χ2v) is 10.7. The summed E-state index contributed by atoms with van der Waals surface area (Å²) in [5, 5.41) is 3.65. The van der Waals surface area contributed by atoms with Crippen molar-refractivity contribution in [3.8, 4) is 0 Å². The molecule has 2 nitrogen and oxygen atoms in total. The van der Waals surface area contributed by atoms with E-state index in [1.807, 2.05) is 23.5 Å². The van der Waals surface area contributed by atoms with E-state index in [1.165, 1.54) is 45.5 Å². The summed E-state index contributed by atoms with van der Waals surface area (Å²) in [4.78, 5) is 2.69. The second kappa shape index (κ2) is 8.55. The molecule has 1 atom stereocenters. The highest BCUT2D eigenvalue weighted by molar-refractivity contribution is 9.10. The molecule has 2 aromatic rings. The van der Waals surface area contributed by atoms with Gasteiger partial charge in [0.05, 0.1) is 5.60 Å². The van der Waals surface area contributed by atoms with E-state index in [4.69, 9.17) is 4.74 Å². The summed E-state index contributed by atoms with van der Waals surface area (Å²) in [6, 6.07) is 9.43. The maximum atomic E-state index is 13.6. The van der Waals surface area contributed by atoms with Crippen molar-refractivity contribution < 1.29 is 9.13 Å². The second-order valence-electron chi connectivity index (χ2n) is 8.51. The standard InChI is InChI=1S/C23H29BrFNOS/c1-17-14-20(24)21(28-17)15-26-12-10-22(18-4-6-19(25)7-5-18)11-13-27-23(16-22)8-2-3-9-23/h4-7,14,26H,2-3,8-13,15-16H2,1H3/t22-/m1/s1. The highest BCUT2D eigenvalue weighted by Crippen LogP contribution is 2.50. The third-order valence-electron chi connectivity index (χ3n) is 6.57. The third kappa shape index (κ3) is 4.38. The van der Waals surface area contributed by atoms with Crippen molar-refractivity contribution in [2.75, 3.05) is 13.2 Å². The summed E-state index contributed by atoms with van der Waals surface area (Å²) in [7, 11) is 0. The minimum Gasteiger partial charge on any atom is -0.375 e. The van der Waals surface area contributed by atoms with Crippen LogP contribution < -0.4 is 5.32 Å². The summed E-state index contributed by atoms with van der Waals surface area (Å²) in [5.74, 6) is -0.155. The molecule has 1 aromatic heterocycles. The van der Waals surface area contributed by atoms with Gasteiger partial charge in [-0.1, -0.05) is 25.0 Å². The van der Waals surface area contributed by atoms with Gasteiger partial charge in [-0.3, -0.25) is 0 Å². The molecule has 1 saturated heterocycles. The first-order valence-electron chi connectivity index (χ1n) is 10.4. The fourth-order valence-corrected chi connectivity index (χ4v) is 6.92. The van der Waals surface area contributed by atoms with Crippen LogP contribution in [0.5, 0.6) is 0 Å². The van der Waals surface area contributed by atoms with Crippen LogP contribution in [0.15, 0.2) is 34.8 Å². The van der Waals surface area contributed by atoms with E-state index in [9.17, 15) is 4.39 Å². The lowest BCUT2D eigenvalue weighted by atomic mass is 9.66. The Morgan fingerprint density at radius 2 is 1.93 bits per heavy atom. The number of rotatable bonds is 6. The lowest BCUT2D eigenvalue weighted by Crippen LogP contribution is -2.47. The summed E-state index contributed by atoms with van der Waals surface area (Å²) >= 11 is 5.50. The molecule has 5 heteroatoms. The Labute approximate surface area is 180 Å². The van der Waals surface area contributed by atoms with Gasteiger partial charge in [-0.05, 0) is 85.3 Å². The summed E-state index contributed by atoms with van der Waals surface area (Å²) in [6.07, 6.45) is 8.02. The normalized spacial score (nSPS) is 24.1. The van der Waals surface area contributed by atoms with Crippen molar-refractivity contribution in [1.82, 2.24) is 5.32 Å². The SMILES string of the molecule is Cc1cc(Br)c(CNCC[C@@]2(c3ccc(F)cc3)CCOC3(CCCC3)C2)s1. The molecular weight excluding hydrogens is 437 g/mol. The number of benzene rings is 1. The van der Waals surface area contributed by atoms with Crippen LogP contribution in [0.2, 0.25) is 0 Å². The van der Waals surface area contributed by atoms with Crippen LogP contribution >= 0.6 is 27.3 Å². The molecule has 2 aliphatic rings. The van der Waals surface area contributed by atoms with Gasteiger partial charge in [0, 0.05) is 32.8 Å². The summed E-state index contributed by atoms with van der Waals surface area (Å²) < 4.78 is 21.1. The summed E-state index contributed by atoms with van der Waals surface area (Å²) in [6.45, 7) is 4.80. The number of hydrogen-bond acceptors (Lipinski definition) is 3. The zero-order valence-electron chi connectivity index (χ0n) is 16.5. The molecule has 4 rings (SSSR count). The molecule has 152 valence electrons. The van der Waals surface area contributed by atoms with Crippen LogP contribution in [0.3, 0.4) is 0 Å². The Morgan fingerprint density at radius 1 is 1.18 bits per heavy atom. The lowest BCUT2D eigenvalue weighted by molar-refractivity contribution is -0.103. The van der Waals surface area contributed by atoms with Crippen molar-refractivity contribution >= 4 is 27.3 Å². The molecule has 1 aromatic carbocycles. The highest BCUT2D eigenvalue weighted by Gasteiger charge is 2.47. The fraction of sp³-hybridized carbons (Fsp3) is 0.565. The number of hydrogen-bond donors (Lipinski definition) is 1. The fourth-order valence-electron chi connectivity index (χ4n) is 5.15. The minimum absolute atomic E-state index is 0.0422. The quantitative estimate of drug-likeness (QED) is 0.491. The van der Waals surface area contributed by atoms with Gasteiger partial charge in [-0.2, -0.15) is 0 Å². The number of nitrogens with one attached hydrogen (secondary N) is 1. The zero-order valence-corrected chi connectivity index (χ0v) is 18.9. The van der Waals surface area contributed by atoms with E-state index < -0.39 is 0 Å². The smallest absolute Gasteiger partial charge is 0.123 e. The number of ether oxygens (including phenoxy) is 1. The highest BCUT2D eigenvalue weighted by atomic mass is 79.9. The van der Waals surface area contributed by atoms with E-state index in [-0.39, 0.29) is 16.8 Å². The molecule has 1 aliphatic heterocycles. The van der Waals surface area contributed by atoms with Crippen LogP contribution in [0.1, 0.15) is 60.3 Å². The first-order valence-corrected chi connectivity index (χ1v) is 12.0. The predicted molar refractivity (Wildman–Crippen MR) is 118 cm³/mol. The number of thiophene rings is 1. The molecular formula is C23H29BrFNOS. The third-order valence-corrected chi connectivity index (χ3v) is 8.59. The predicted octanol–water partition coefficient (Wildman–Crippen LogP) is 6.50. The van der Waals surface area contributed by atoms with Gasteiger partial charge in [0.15, 0.2) is 0 Å². The van der Waals surface area contributed by atoms with Gasteiger partial charge in [-0.15, -0.1) is 11.3 Å². The van der Waals surface area contributed by atoms with Crippen LogP contribution in [0, 0.1) is 12.7 Å². The van der Waals surface area contributed by atoms with E-state index in [0.29, 0.717) is 0 Å². The van der Waals surface area contributed by atoms with Gasteiger partial charge in [0.2, 0.25) is 0 Å². The number of aryl methyl sites for hydroxylation is 1. The van der Waals surface area contributed by atoms with Crippen LogP contribution in [0.4, 0.5) is 4.39 Å². The van der Waals surface area contributed by atoms with Gasteiger partial charge in [-0.25, -0.2) is 4.39 Å². The Hall–Kier alpha value is -0.750. The maximum absolute atomic E-state index is 13.6. The van der Waals surface area contributed by atoms with E-state index in [1.54, 1.807) is 12.1 Å². The monoisotopic (exact) mass is 465 g/mol. The molecule has 1 saturated carbocycles. The first-order chi connectivity index (χ1) is 13.5. The minimum atomic E-state index is -0.155. The van der Waals surface area contributed by atoms with Crippen molar-refractivity contribution in [3.63, 3.8) is 0 Å². The van der Waals surface area contributed by atoms with Crippen molar-refractivity contribution in [3.05, 3.63) is 55.9 Å². The molecule has 0 amide bonds. The van der Waals surface area contributed by atoms with Gasteiger partial charge >= 0.3 is 0 Å². The van der Waals surface area contributed by atoms with Gasteiger partial charge < -0.3 is 10.1 Å². The Balaban J connectivity index is 1.48. The van der Waals surface area contributed by atoms with E-state index >= 15 is 0 Å². The molecule has 2 heterocycles. The summed E-state index contributed by atoms with van der Waals surface area (Å²) in [5.41, 5.74) is 1.39. The van der Waals surface area contributed by atoms with Crippen LogP contribution in [-0.4, -0.2) is 18.8 Å². The van der Waals surface area contributed by atoms with E-state index in [2.05, 4.69) is 34.2 Å². The molecule has 0 radical (unpaired) electrons. The lowest BCUT2D eigenvalue weighted by Gasteiger charge is -2.47. The molecule has 2 fully saturated rings. The molecule has 1 N–H and O–H groups in total. The van der Waals surface area contributed by atoms with Crippen LogP contribution in [0.25, 0.3) is 0 Å². The average molecular weight is 466 g/mol. The zero-order chi connectivity index (χ0) is 19.6. The van der Waals surface area contributed by atoms with Crippen molar-refractivity contribution in [1.29, 1.82) is 0 Å². The topological polar surface area (TPSA) is 21.3 Å². The van der Waals surface area contributed by atoms with Crippen molar-refractivity contribution in [2.24, 2.45) is 0 Å². The van der Waals surface area contributed by atoms with Crippen molar-refractivity contribution in [2.45, 2.75) is 69.4 Å². The van der Waals surface area contributed by atoms with E-state index in [0.717, 1.165) is 39.0 Å². The molecule has 1 aliphatic carbocycles. The van der Waals surface area contributed by atoms with Gasteiger partial charge in [0.1, 0.15) is 5.82 Å². The van der Waals surface area contributed by atoms with Gasteiger partial charge in [0.25, 0.3) is 0 Å². The molecule has 1 spiro atoms. The molecule has 0 bridgehead atoms. The molecule has 28 heavy (non-hydrogen) atoms. The Bertz CT molecular complexity index is 799. The Morgan fingerprint density at radius 3 is 2.61 bits per heavy atom. The average Bonchev–Trinajstić information content (AvgIpc) is 3.25. The maximum Gasteiger partial charge on any atom is 0.123 e. The Kier molecular flexibility index (Phi) is 6.26. The largest absolute Gasteiger partial charge is 0.375 e. The van der Waals surface area contributed by atoms with Crippen LogP contribution in [-0.2, 0) is 16.7 Å². The number of halogens is 2. The first kappa shape index (κ1) is 20.5.